The van der Waals surface area contributed by atoms with Crippen LogP contribution in [0.1, 0.15) is 13.8 Å². The van der Waals surface area contributed by atoms with Gasteiger partial charge in [-0.05, 0) is 13.8 Å². The van der Waals surface area contributed by atoms with Crippen molar-refractivity contribution in [3.8, 4) is 0 Å². The van der Waals surface area contributed by atoms with E-state index in [1.165, 1.54) is 0 Å². The number of carbonyl (C=O) groups excluding carboxylic acids is 2. The van der Waals surface area contributed by atoms with Crippen LogP contribution in [-0.4, -0.2) is 37.0 Å². The molecule has 2 amide bonds. The molecule has 0 radical (unpaired) electrons. The van der Waals surface area contributed by atoms with Crippen molar-refractivity contribution < 1.29 is 9.59 Å². The molecule has 0 rings (SSSR count). The molecule has 0 heterocycles. The molecule has 14 heavy (non-hydrogen) atoms. The van der Waals surface area contributed by atoms with Gasteiger partial charge in [0.1, 0.15) is 0 Å². The first kappa shape index (κ1) is 12.9. The molecule has 0 aliphatic rings. The smallest absolute Gasteiger partial charge is 0.236 e. The lowest BCUT2D eigenvalue weighted by molar-refractivity contribution is -0.123. The summed E-state index contributed by atoms with van der Waals surface area (Å²) in [6.07, 6.45) is 0. The van der Waals surface area contributed by atoms with Crippen LogP contribution in [0.4, 0.5) is 0 Å². The Labute approximate surface area is 83.4 Å². The van der Waals surface area contributed by atoms with E-state index in [1.54, 1.807) is 6.92 Å². The molecule has 0 spiro atoms. The summed E-state index contributed by atoms with van der Waals surface area (Å²) in [5.41, 5.74) is 10.3. The highest BCUT2D eigenvalue weighted by Crippen LogP contribution is 1.82. The maximum absolute atomic E-state index is 11.2. The summed E-state index contributed by atoms with van der Waals surface area (Å²) in [6, 6.07) is -1.13. The van der Waals surface area contributed by atoms with E-state index in [4.69, 9.17) is 11.5 Å². The summed E-state index contributed by atoms with van der Waals surface area (Å²) >= 11 is 0. The van der Waals surface area contributed by atoms with Crippen molar-refractivity contribution in [2.45, 2.75) is 25.9 Å². The Bertz CT molecular complexity index is 208. The van der Waals surface area contributed by atoms with Crippen LogP contribution in [0.25, 0.3) is 0 Å². The van der Waals surface area contributed by atoms with Crippen LogP contribution in [0.2, 0.25) is 0 Å². The fourth-order valence-electron chi connectivity index (χ4n) is 0.824. The Balaban J connectivity index is 3.78. The molecule has 0 saturated carbocycles. The molecule has 2 atom stereocenters. The lowest BCUT2D eigenvalue weighted by Gasteiger charge is -2.15. The van der Waals surface area contributed by atoms with Gasteiger partial charge < -0.3 is 22.1 Å². The van der Waals surface area contributed by atoms with Crippen molar-refractivity contribution in [2.24, 2.45) is 11.5 Å². The van der Waals surface area contributed by atoms with Crippen molar-refractivity contribution in [3.05, 3.63) is 0 Å². The third-order valence-electron chi connectivity index (χ3n) is 1.75. The van der Waals surface area contributed by atoms with Crippen molar-refractivity contribution in [3.63, 3.8) is 0 Å². The molecule has 0 aliphatic carbocycles. The highest BCUT2D eigenvalue weighted by Gasteiger charge is 2.14. The van der Waals surface area contributed by atoms with E-state index < -0.39 is 11.9 Å². The zero-order valence-corrected chi connectivity index (χ0v) is 8.54. The van der Waals surface area contributed by atoms with Crippen molar-refractivity contribution in [1.82, 2.24) is 10.6 Å². The Morgan fingerprint density at radius 3 is 2.43 bits per heavy atom. The topological polar surface area (TPSA) is 110 Å². The van der Waals surface area contributed by atoms with Crippen LogP contribution in [0.5, 0.6) is 0 Å². The zero-order chi connectivity index (χ0) is 11.1. The minimum Gasteiger partial charge on any atom is -0.368 e. The molecule has 6 heteroatoms. The first-order chi connectivity index (χ1) is 6.49. The molecular weight excluding hydrogens is 184 g/mol. The quantitative estimate of drug-likeness (QED) is 0.396. The largest absolute Gasteiger partial charge is 0.368 e. The summed E-state index contributed by atoms with van der Waals surface area (Å²) in [4.78, 5) is 21.8. The molecule has 0 aliphatic heterocycles. The first-order valence-electron chi connectivity index (χ1n) is 4.55. The number of nitrogens with two attached hydrogens (primary N) is 2. The van der Waals surface area contributed by atoms with E-state index in [2.05, 4.69) is 10.6 Å². The number of amides is 2. The minimum absolute atomic E-state index is 0.121. The van der Waals surface area contributed by atoms with E-state index in [0.29, 0.717) is 6.54 Å². The van der Waals surface area contributed by atoms with Crippen molar-refractivity contribution >= 4 is 11.8 Å². The monoisotopic (exact) mass is 202 g/mol. The van der Waals surface area contributed by atoms with Gasteiger partial charge in [0, 0.05) is 13.1 Å². The standard InChI is InChI=1S/C8H18N4O2/c1-3-11-8(14)5(2)12-4-6(9)7(10)13/h5-6,12H,3-4,9H2,1-2H3,(H2,10,13)(H,11,14). The second kappa shape index (κ2) is 6.33. The summed E-state index contributed by atoms with van der Waals surface area (Å²) < 4.78 is 0. The Kier molecular flexibility index (Phi) is 5.82. The normalized spacial score (nSPS) is 14.5. The van der Waals surface area contributed by atoms with Gasteiger partial charge in [0.05, 0.1) is 12.1 Å². The average molecular weight is 202 g/mol. The zero-order valence-electron chi connectivity index (χ0n) is 8.54. The third kappa shape index (κ3) is 4.78. The first-order valence-corrected chi connectivity index (χ1v) is 4.55. The van der Waals surface area contributed by atoms with E-state index in [1.807, 2.05) is 6.92 Å². The highest BCUT2D eigenvalue weighted by molar-refractivity contribution is 5.82. The number of primary amides is 1. The van der Waals surface area contributed by atoms with Crippen molar-refractivity contribution in [1.29, 1.82) is 0 Å². The number of hydrogen-bond donors (Lipinski definition) is 4. The number of rotatable bonds is 6. The molecule has 6 N–H and O–H groups in total. The van der Waals surface area contributed by atoms with Gasteiger partial charge in [0.15, 0.2) is 0 Å². The van der Waals surface area contributed by atoms with Gasteiger partial charge in [-0.3, -0.25) is 9.59 Å². The molecule has 0 aromatic carbocycles. The lowest BCUT2D eigenvalue weighted by atomic mass is 10.2. The van der Waals surface area contributed by atoms with Gasteiger partial charge >= 0.3 is 0 Å². The summed E-state index contributed by atoms with van der Waals surface area (Å²) in [6.45, 7) is 4.30. The third-order valence-corrected chi connectivity index (χ3v) is 1.75. The fraction of sp³-hybridized carbons (Fsp3) is 0.750. The number of carbonyl (C=O) groups is 2. The molecule has 0 fully saturated rings. The Morgan fingerprint density at radius 2 is 2.00 bits per heavy atom. The van der Waals surface area contributed by atoms with Gasteiger partial charge in [0.2, 0.25) is 11.8 Å². The molecule has 6 nitrogen and oxygen atoms in total. The van der Waals surface area contributed by atoms with Gasteiger partial charge in [-0.2, -0.15) is 0 Å². The number of nitrogens with one attached hydrogen (secondary N) is 2. The van der Waals surface area contributed by atoms with Gasteiger partial charge in [0.25, 0.3) is 0 Å². The van der Waals surface area contributed by atoms with Crippen LogP contribution < -0.4 is 22.1 Å². The number of likely N-dealkylation sites (N-methyl/N-ethyl adjacent to an activating group) is 1. The predicted octanol–water partition coefficient (Wildman–Crippen LogP) is -2.09. The molecule has 2 unspecified atom stereocenters. The molecule has 0 aromatic rings. The molecule has 0 saturated heterocycles. The Hall–Kier alpha value is -1.14. The Morgan fingerprint density at radius 1 is 1.43 bits per heavy atom. The van der Waals surface area contributed by atoms with Gasteiger partial charge in [-0.25, -0.2) is 0 Å². The van der Waals surface area contributed by atoms with Gasteiger partial charge in [-0.1, -0.05) is 0 Å². The summed E-state index contributed by atoms with van der Waals surface area (Å²) in [7, 11) is 0. The van der Waals surface area contributed by atoms with Crippen LogP contribution in [0.3, 0.4) is 0 Å². The maximum Gasteiger partial charge on any atom is 0.236 e. The fourth-order valence-corrected chi connectivity index (χ4v) is 0.824. The summed E-state index contributed by atoms with van der Waals surface area (Å²) in [5.74, 6) is -0.704. The van der Waals surface area contributed by atoms with Crippen LogP contribution >= 0.6 is 0 Å². The molecule has 0 bridgehead atoms. The van der Waals surface area contributed by atoms with Crippen LogP contribution in [-0.2, 0) is 9.59 Å². The van der Waals surface area contributed by atoms with Gasteiger partial charge in [-0.15, -0.1) is 0 Å². The molecule has 82 valence electrons. The minimum atomic E-state index is -0.758. The van der Waals surface area contributed by atoms with E-state index in [9.17, 15) is 9.59 Å². The number of hydrogen-bond acceptors (Lipinski definition) is 4. The second-order valence-corrected chi connectivity index (χ2v) is 3.03. The van der Waals surface area contributed by atoms with E-state index in [-0.39, 0.29) is 18.5 Å². The van der Waals surface area contributed by atoms with E-state index >= 15 is 0 Å². The highest BCUT2D eigenvalue weighted by atomic mass is 16.2. The summed E-state index contributed by atoms with van der Waals surface area (Å²) in [5, 5.41) is 5.45. The molecule has 0 aromatic heterocycles. The molecular formula is C8H18N4O2. The van der Waals surface area contributed by atoms with Crippen LogP contribution in [0, 0.1) is 0 Å². The average Bonchev–Trinajstić information content (AvgIpc) is 2.13. The second-order valence-electron chi connectivity index (χ2n) is 3.03. The van der Waals surface area contributed by atoms with Crippen LogP contribution in [0.15, 0.2) is 0 Å². The SMILES string of the molecule is CCNC(=O)C(C)NCC(N)C(N)=O. The maximum atomic E-state index is 11.2. The predicted molar refractivity (Wildman–Crippen MR) is 53.3 cm³/mol. The lowest BCUT2D eigenvalue weighted by Crippen LogP contribution is -2.50. The van der Waals surface area contributed by atoms with Crippen molar-refractivity contribution in [2.75, 3.05) is 13.1 Å². The van der Waals surface area contributed by atoms with E-state index in [0.717, 1.165) is 0 Å².